The van der Waals surface area contributed by atoms with Crippen LogP contribution in [-0.2, 0) is 0 Å². The van der Waals surface area contributed by atoms with E-state index in [1.165, 1.54) is 32.0 Å². The smallest absolute Gasteiger partial charge is 0.280 e. The van der Waals surface area contributed by atoms with Crippen LogP contribution in [0.1, 0.15) is 46.7 Å². The van der Waals surface area contributed by atoms with Crippen LogP contribution < -0.4 is 15.8 Å². The number of nitrogens with two attached hydrogens (primary N) is 1. The first-order chi connectivity index (χ1) is 16.5. The molecule has 1 amide bonds. The molecule has 174 valence electrons. The Morgan fingerprint density at radius 3 is 2.79 bits per heavy atom. The lowest BCUT2D eigenvalue weighted by Crippen LogP contribution is -2.14. The molecule has 1 aliphatic carbocycles. The third kappa shape index (κ3) is 5.15. The predicted molar refractivity (Wildman–Crippen MR) is 123 cm³/mol. The second-order valence-corrected chi connectivity index (χ2v) is 8.22. The number of nitrogens with one attached hydrogen (secondary N) is 1. The molecule has 1 aliphatic rings. The van der Waals surface area contributed by atoms with Crippen molar-refractivity contribution in [1.29, 1.82) is 0 Å². The zero-order valence-electron chi connectivity index (χ0n) is 18.0. The van der Waals surface area contributed by atoms with Gasteiger partial charge in [0.15, 0.2) is 10.8 Å². The van der Waals surface area contributed by atoms with Gasteiger partial charge < -0.3 is 10.5 Å². The quantitative estimate of drug-likeness (QED) is 0.308. The highest BCUT2D eigenvalue weighted by atomic mass is 32.1. The van der Waals surface area contributed by atoms with Gasteiger partial charge in [0.2, 0.25) is 5.13 Å². The number of amides is 1. The Morgan fingerprint density at radius 2 is 2.12 bits per heavy atom. The average molecular weight is 484 g/mol. The van der Waals surface area contributed by atoms with Crippen molar-refractivity contribution < 1.29 is 18.3 Å². The summed E-state index contributed by atoms with van der Waals surface area (Å²) < 4.78 is 31.9. The number of ether oxygens (including phenoxy) is 1. The molecule has 34 heavy (non-hydrogen) atoms. The number of pyridine rings is 2. The highest BCUT2D eigenvalue weighted by Crippen LogP contribution is 2.35. The molecule has 0 atom stereocenters. The van der Waals surface area contributed by atoms with Crippen molar-refractivity contribution >= 4 is 34.5 Å². The Balaban J connectivity index is 1.69. The number of alkyl halides is 2. The molecule has 3 N–H and O–H groups in total. The van der Waals surface area contributed by atoms with Gasteiger partial charge >= 0.3 is 0 Å². The summed E-state index contributed by atoms with van der Waals surface area (Å²) in [5.74, 6) is 6.29. The molecule has 0 saturated heterocycles. The third-order valence-corrected chi connectivity index (χ3v) is 5.85. The maximum absolute atomic E-state index is 13.3. The first-order valence-corrected chi connectivity index (χ1v) is 11.0. The molecule has 3 heterocycles. The van der Waals surface area contributed by atoms with Gasteiger partial charge in [-0.2, -0.15) is 0 Å². The monoisotopic (exact) mass is 483 g/mol. The Kier molecular flexibility index (Phi) is 7.03. The maximum Gasteiger partial charge on any atom is 0.280 e. The molecular formula is C22H19F2N7O2S. The maximum atomic E-state index is 13.3. The number of nitrogens with zero attached hydrogens (tertiary/aromatic N) is 5. The van der Waals surface area contributed by atoms with Crippen LogP contribution in [-0.4, -0.2) is 39.5 Å². The van der Waals surface area contributed by atoms with Gasteiger partial charge in [-0.15, -0.1) is 10.2 Å². The zero-order valence-corrected chi connectivity index (χ0v) is 18.8. The summed E-state index contributed by atoms with van der Waals surface area (Å²) in [6.45, 7) is 0. The molecule has 0 aliphatic heterocycles. The first kappa shape index (κ1) is 23.2. The molecular weight excluding hydrogens is 464 g/mol. The molecule has 0 bridgehead atoms. The molecule has 0 unspecified atom stereocenters. The highest BCUT2D eigenvalue weighted by molar-refractivity contribution is 7.15. The van der Waals surface area contributed by atoms with E-state index in [1.54, 1.807) is 0 Å². The normalized spacial score (nSPS) is 13.4. The number of rotatable bonds is 6. The number of hydrogen-bond donors (Lipinski definition) is 2. The third-order valence-electron chi connectivity index (χ3n) is 5.10. The van der Waals surface area contributed by atoms with E-state index in [0.717, 1.165) is 36.6 Å². The molecule has 9 nitrogen and oxygen atoms in total. The molecule has 1 saturated carbocycles. The number of carbonyl (C=O) groups excluding carboxylic acids is 1. The second kappa shape index (κ2) is 10.3. The first-order valence-electron chi connectivity index (χ1n) is 10.2. The molecule has 0 spiro atoms. The van der Waals surface area contributed by atoms with E-state index in [0.29, 0.717) is 10.9 Å². The van der Waals surface area contributed by atoms with Crippen molar-refractivity contribution in [3.63, 3.8) is 0 Å². The molecule has 4 rings (SSSR count). The van der Waals surface area contributed by atoms with E-state index in [1.807, 2.05) is 0 Å². The summed E-state index contributed by atoms with van der Waals surface area (Å²) in [7, 11) is 1.37. The van der Waals surface area contributed by atoms with E-state index >= 15 is 0 Å². The van der Waals surface area contributed by atoms with Crippen molar-refractivity contribution in [2.45, 2.75) is 25.7 Å². The van der Waals surface area contributed by atoms with Crippen molar-refractivity contribution in [3.8, 4) is 28.7 Å². The predicted octanol–water partition coefficient (Wildman–Crippen LogP) is 3.96. The van der Waals surface area contributed by atoms with Crippen LogP contribution in [0.5, 0.6) is 5.75 Å². The fourth-order valence-electron chi connectivity index (χ4n) is 3.15. The molecule has 12 heteroatoms. The number of hydrogen-bond acceptors (Lipinski definition) is 8. The SMILES string of the molecule is COc1cnc(C(F)F)cc1-c1cnc(N=CN)cc1C(=O)Nc1nnc(C#CC2CCC2)s1. The number of halogens is 2. The minimum Gasteiger partial charge on any atom is -0.494 e. The topological polar surface area (TPSA) is 128 Å². The molecule has 0 radical (unpaired) electrons. The highest BCUT2D eigenvalue weighted by Gasteiger charge is 2.21. The Labute approximate surface area is 197 Å². The lowest BCUT2D eigenvalue weighted by molar-refractivity contribution is 0.102. The largest absolute Gasteiger partial charge is 0.494 e. The number of carbonyl (C=O) groups is 1. The molecule has 3 aromatic rings. The van der Waals surface area contributed by atoms with E-state index < -0.39 is 18.0 Å². The van der Waals surface area contributed by atoms with Crippen LogP contribution in [0.2, 0.25) is 0 Å². The fraction of sp³-hybridized carbons (Fsp3) is 0.273. The van der Waals surface area contributed by atoms with Crippen molar-refractivity contribution in [2.24, 2.45) is 16.6 Å². The van der Waals surface area contributed by atoms with Crippen LogP contribution in [0, 0.1) is 17.8 Å². The van der Waals surface area contributed by atoms with Gasteiger partial charge in [0.25, 0.3) is 12.3 Å². The van der Waals surface area contributed by atoms with E-state index in [4.69, 9.17) is 10.5 Å². The summed E-state index contributed by atoms with van der Waals surface area (Å²) in [5.41, 5.74) is 5.44. The number of methoxy groups -OCH3 is 1. The van der Waals surface area contributed by atoms with Gasteiger partial charge in [-0.3, -0.25) is 15.1 Å². The van der Waals surface area contributed by atoms with Gasteiger partial charge in [0.1, 0.15) is 11.4 Å². The second-order valence-electron chi connectivity index (χ2n) is 7.24. The van der Waals surface area contributed by atoms with Crippen LogP contribution >= 0.6 is 11.3 Å². The van der Waals surface area contributed by atoms with Crippen molar-refractivity contribution in [3.05, 3.63) is 40.8 Å². The van der Waals surface area contributed by atoms with Gasteiger partial charge in [-0.1, -0.05) is 23.7 Å². The van der Waals surface area contributed by atoms with Gasteiger partial charge in [-0.05, 0) is 30.9 Å². The Hall–Kier alpha value is -3.98. The molecule has 3 aromatic heterocycles. The lowest BCUT2D eigenvalue weighted by atomic mass is 9.86. The van der Waals surface area contributed by atoms with Gasteiger partial charge in [0.05, 0.1) is 25.2 Å². The number of anilines is 1. The summed E-state index contributed by atoms with van der Waals surface area (Å²) in [5, 5.41) is 11.4. The number of aromatic nitrogens is 4. The van der Waals surface area contributed by atoms with E-state index in [2.05, 4.69) is 42.3 Å². The zero-order chi connectivity index (χ0) is 24.1. The van der Waals surface area contributed by atoms with Crippen molar-refractivity contribution in [2.75, 3.05) is 12.4 Å². The van der Waals surface area contributed by atoms with Gasteiger partial charge in [-0.25, -0.2) is 18.8 Å². The van der Waals surface area contributed by atoms with E-state index in [9.17, 15) is 13.6 Å². The minimum absolute atomic E-state index is 0.0950. The van der Waals surface area contributed by atoms with Gasteiger partial charge in [0, 0.05) is 23.2 Å². The summed E-state index contributed by atoms with van der Waals surface area (Å²) in [4.78, 5) is 24.9. The molecule has 1 fully saturated rings. The van der Waals surface area contributed by atoms with Crippen LogP contribution in [0.25, 0.3) is 11.1 Å². The van der Waals surface area contributed by atoms with Crippen LogP contribution in [0.3, 0.4) is 0 Å². The van der Waals surface area contributed by atoms with Crippen LogP contribution in [0.15, 0.2) is 29.5 Å². The summed E-state index contributed by atoms with van der Waals surface area (Å²) in [6, 6.07) is 2.54. The van der Waals surface area contributed by atoms with Crippen molar-refractivity contribution in [1.82, 2.24) is 20.2 Å². The summed E-state index contributed by atoms with van der Waals surface area (Å²) >= 11 is 1.14. The number of aliphatic imine (C=N–C) groups is 1. The lowest BCUT2D eigenvalue weighted by Gasteiger charge is -2.18. The van der Waals surface area contributed by atoms with Crippen LogP contribution in [0.4, 0.5) is 19.7 Å². The Morgan fingerprint density at radius 1 is 1.29 bits per heavy atom. The average Bonchev–Trinajstić information content (AvgIpc) is 3.24. The summed E-state index contributed by atoms with van der Waals surface area (Å²) in [6.07, 6.45) is 4.07. The minimum atomic E-state index is -2.81. The van der Waals surface area contributed by atoms with E-state index in [-0.39, 0.29) is 33.4 Å². The standard InChI is InChI=1S/C22H19F2N7O2S/c1-33-17-10-26-16(20(23)24)7-13(17)15-9-27-18(28-11-25)8-14(15)21(32)29-22-31-30-19(34-22)6-5-12-3-2-4-12/h7-12,20H,2-4H2,1H3,(H2,25,27,28)(H,29,31,32). The molecule has 0 aromatic carbocycles. The Bertz CT molecular complexity index is 1300. The fourth-order valence-corrected chi connectivity index (χ4v) is 3.75.